The summed E-state index contributed by atoms with van der Waals surface area (Å²) in [6.45, 7) is 8.13. The maximum Gasteiger partial charge on any atom is 0.222 e. The van der Waals surface area contributed by atoms with Crippen LogP contribution in [0.25, 0.3) is 11.1 Å². The number of nitrogens with two attached hydrogens (primary N) is 2. The standard InChI is InChI=1S/C24H26N4O/c1-14(9-10-21-17(4)27-24(26)28-23(21)25)18-11-19(13-20(12-18)29-5)22-15(2)7-6-8-16(22)3/h6-8,11-14H,1-5H3,(H4,25,26,27,28)/t14-/m1/s1. The van der Waals surface area contributed by atoms with E-state index in [1.165, 1.54) is 16.7 Å². The van der Waals surface area contributed by atoms with Gasteiger partial charge in [-0.15, -0.1) is 0 Å². The molecule has 0 aliphatic heterocycles. The molecule has 1 atom stereocenters. The summed E-state index contributed by atoms with van der Waals surface area (Å²) in [7, 11) is 1.68. The summed E-state index contributed by atoms with van der Waals surface area (Å²) in [5.41, 5.74) is 18.8. The van der Waals surface area contributed by atoms with Gasteiger partial charge in [-0.2, -0.15) is 4.98 Å². The molecule has 0 spiro atoms. The van der Waals surface area contributed by atoms with Gasteiger partial charge >= 0.3 is 0 Å². The summed E-state index contributed by atoms with van der Waals surface area (Å²) in [4.78, 5) is 8.16. The van der Waals surface area contributed by atoms with E-state index < -0.39 is 0 Å². The van der Waals surface area contributed by atoms with Crippen LogP contribution in [0.3, 0.4) is 0 Å². The lowest BCUT2D eigenvalue weighted by Gasteiger charge is -2.15. The maximum absolute atomic E-state index is 5.97. The summed E-state index contributed by atoms with van der Waals surface area (Å²) >= 11 is 0. The number of hydrogen-bond donors (Lipinski definition) is 2. The normalized spacial score (nSPS) is 11.5. The Hall–Kier alpha value is -3.52. The molecule has 3 aromatic rings. The van der Waals surface area contributed by atoms with Crippen molar-refractivity contribution in [3.8, 4) is 28.7 Å². The predicted octanol–water partition coefficient (Wildman–Crippen LogP) is 4.40. The second-order valence-electron chi connectivity index (χ2n) is 7.18. The molecule has 4 N–H and O–H groups in total. The zero-order chi connectivity index (χ0) is 21.1. The SMILES string of the molecule is COc1cc(-c2c(C)cccc2C)cc([C@H](C)C#Cc2c(C)nc(N)nc2N)c1. The van der Waals surface area contributed by atoms with Gasteiger partial charge in [-0.3, -0.25) is 0 Å². The van der Waals surface area contributed by atoms with Crippen LogP contribution in [0.5, 0.6) is 5.75 Å². The highest BCUT2D eigenvalue weighted by molar-refractivity contribution is 5.73. The number of aromatic nitrogens is 2. The fraction of sp³-hybridized carbons (Fsp3) is 0.250. The molecular weight excluding hydrogens is 360 g/mol. The van der Waals surface area contributed by atoms with Crippen LogP contribution in [0.15, 0.2) is 36.4 Å². The van der Waals surface area contributed by atoms with Crippen LogP contribution in [0.1, 0.15) is 40.8 Å². The Bertz CT molecular complexity index is 1080. The summed E-state index contributed by atoms with van der Waals surface area (Å²) in [6.07, 6.45) is 0. The van der Waals surface area contributed by atoms with Crippen molar-refractivity contribution >= 4 is 11.8 Å². The molecule has 0 unspecified atom stereocenters. The van der Waals surface area contributed by atoms with Crippen LogP contribution in [0.2, 0.25) is 0 Å². The van der Waals surface area contributed by atoms with Crippen molar-refractivity contribution < 1.29 is 4.74 Å². The first-order valence-electron chi connectivity index (χ1n) is 9.46. The molecule has 29 heavy (non-hydrogen) atoms. The van der Waals surface area contributed by atoms with Crippen LogP contribution < -0.4 is 16.2 Å². The van der Waals surface area contributed by atoms with E-state index in [0.29, 0.717) is 17.1 Å². The number of methoxy groups -OCH3 is 1. The van der Waals surface area contributed by atoms with Crippen LogP contribution >= 0.6 is 0 Å². The van der Waals surface area contributed by atoms with Crippen molar-refractivity contribution in [2.75, 3.05) is 18.6 Å². The molecule has 0 radical (unpaired) electrons. The molecule has 0 amide bonds. The molecule has 0 bridgehead atoms. The lowest BCUT2D eigenvalue weighted by Crippen LogP contribution is -2.05. The second-order valence-corrected chi connectivity index (χ2v) is 7.18. The Kier molecular flexibility index (Phi) is 5.74. The van der Waals surface area contributed by atoms with Crippen molar-refractivity contribution in [2.24, 2.45) is 0 Å². The minimum atomic E-state index is -0.0375. The first-order valence-corrected chi connectivity index (χ1v) is 9.46. The monoisotopic (exact) mass is 386 g/mol. The lowest BCUT2D eigenvalue weighted by molar-refractivity contribution is 0.414. The van der Waals surface area contributed by atoms with E-state index >= 15 is 0 Å². The van der Waals surface area contributed by atoms with E-state index in [9.17, 15) is 0 Å². The molecule has 0 aliphatic carbocycles. The highest BCUT2D eigenvalue weighted by Crippen LogP contribution is 2.33. The summed E-state index contributed by atoms with van der Waals surface area (Å²) < 4.78 is 5.56. The van der Waals surface area contributed by atoms with Gasteiger partial charge in [0.25, 0.3) is 0 Å². The first-order chi connectivity index (χ1) is 13.8. The second kappa shape index (κ2) is 8.24. The predicted molar refractivity (Wildman–Crippen MR) is 119 cm³/mol. The van der Waals surface area contributed by atoms with Crippen molar-refractivity contribution in [2.45, 2.75) is 33.6 Å². The van der Waals surface area contributed by atoms with E-state index in [1.807, 2.05) is 13.0 Å². The van der Waals surface area contributed by atoms with E-state index in [2.05, 4.69) is 72.9 Å². The minimum Gasteiger partial charge on any atom is -0.497 e. The van der Waals surface area contributed by atoms with E-state index in [0.717, 1.165) is 16.9 Å². The van der Waals surface area contributed by atoms with Crippen LogP contribution in [0.4, 0.5) is 11.8 Å². The van der Waals surface area contributed by atoms with Gasteiger partial charge in [0.05, 0.1) is 18.4 Å². The molecular formula is C24H26N4O. The molecule has 3 rings (SSSR count). The summed E-state index contributed by atoms with van der Waals surface area (Å²) in [5, 5.41) is 0. The number of anilines is 2. The third kappa shape index (κ3) is 4.33. The van der Waals surface area contributed by atoms with Gasteiger partial charge in [0.1, 0.15) is 11.6 Å². The highest BCUT2D eigenvalue weighted by atomic mass is 16.5. The third-order valence-corrected chi connectivity index (χ3v) is 4.98. The third-order valence-electron chi connectivity index (χ3n) is 4.98. The van der Waals surface area contributed by atoms with Crippen LogP contribution in [-0.4, -0.2) is 17.1 Å². The first kappa shape index (κ1) is 20.2. The number of rotatable bonds is 3. The quantitative estimate of drug-likeness (QED) is 0.652. The number of nitrogen functional groups attached to an aromatic ring is 2. The molecule has 0 saturated heterocycles. The molecule has 1 aromatic heterocycles. The van der Waals surface area contributed by atoms with Gasteiger partial charge in [-0.05, 0) is 73.7 Å². The molecule has 5 heteroatoms. The van der Waals surface area contributed by atoms with Crippen molar-refractivity contribution in [3.05, 3.63) is 64.3 Å². The fourth-order valence-electron chi connectivity index (χ4n) is 3.44. The highest BCUT2D eigenvalue weighted by Gasteiger charge is 2.12. The Balaban J connectivity index is 2.04. The van der Waals surface area contributed by atoms with E-state index in [-0.39, 0.29) is 11.9 Å². The van der Waals surface area contributed by atoms with Crippen molar-refractivity contribution in [1.29, 1.82) is 0 Å². The zero-order valence-corrected chi connectivity index (χ0v) is 17.5. The van der Waals surface area contributed by atoms with E-state index in [4.69, 9.17) is 16.2 Å². The van der Waals surface area contributed by atoms with Gasteiger partial charge in [0, 0.05) is 5.92 Å². The van der Waals surface area contributed by atoms with Crippen molar-refractivity contribution in [1.82, 2.24) is 9.97 Å². The van der Waals surface area contributed by atoms with Gasteiger partial charge in [0.2, 0.25) is 5.95 Å². The number of nitrogens with zero attached hydrogens (tertiary/aromatic N) is 2. The van der Waals surface area contributed by atoms with Gasteiger partial charge in [-0.25, -0.2) is 4.98 Å². The minimum absolute atomic E-state index is 0.0375. The smallest absolute Gasteiger partial charge is 0.222 e. The molecule has 1 heterocycles. The van der Waals surface area contributed by atoms with Crippen LogP contribution in [0, 0.1) is 32.6 Å². The van der Waals surface area contributed by atoms with Gasteiger partial charge < -0.3 is 16.2 Å². The number of ether oxygens (including phenoxy) is 1. The largest absolute Gasteiger partial charge is 0.497 e. The van der Waals surface area contributed by atoms with Crippen molar-refractivity contribution in [3.63, 3.8) is 0 Å². The Morgan fingerprint density at radius 1 is 1.00 bits per heavy atom. The molecule has 2 aromatic carbocycles. The van der Waals surface area contributed by atoms with Gasteiger partial charge in [-0.1, -0.05) is 30.0 Å². The summed E-state index contributed by atoms with van der Waals surface area (Å²) in [5.74, 6) is 7.63. The number of benzene rings is 2. The molecule has 0 aliphatic rings. The number of hydrogen-bond acceptors (Lipinski definition) is 5. The Morgan fingerprint density at radius 2 is 1.69 bits per heavy atom. The molecule has 0 saturated carbocycles. The zero-order valence-electron chi connectivity index (χ0n) is 17.5. The van der Waals surface area contributed by atoms with E-state index in [1.54, 1.807) is 7.11 Å². The average Bonchev–Trinajstić information content (AvgIpc) is 2.66. The molecule has 148 valence electrons. The van der Waals surface area contributed by atoms with Gasteiger partial charge in [0.15, 0.2) is 0 Å². The maximum atomic E-state index is 5.97. The fourth-order valence-corrected chi connectivity index (χ4v) is 3.44. The Morgan fingerprint density at radius 3 is 2.31 bits per heavy atom. The van der Waals surface area contributed by atoms with Crippen LogP contribution in [-0.2, 0) is 0 Å². The topological polar surface area (TPSA) is 87.0 Å². The Labute approximate surface area is 172 Å². The molecule has 0 fully saturated rings. The molecule has 5 nitrogen and oxygen atoms in total. The lowest BCUT2D eigenvalue weighted by atomic mass is 9.91. The number of aryl methyl sites for hydroxylation is 3. The average molecular weight is 386 g/mol. The summed E-state index contributed by atoms with van der Waals surface area (Å²) in [6, 6.07) is 12.6.